The molecule has 1 aliphatic heterocycles. The van der Waals surface area contributed by atoms with E-state index in [1.807, 2.05) is 0 Å². The predicted molar refractivity (Wildman–Crippen MR) is 145 cm³/mol. The van der Waals surface area contributed by atoms with E-state index in [-0.39, 0.29) is 31.6 Å². The van der Waals surface area contributed by atoms with Crippen LogP contribution in [0.1, 0.15) is 66.9 Å². The third-order valence-electron chi connectivity index (χ3n) is 5.38. The van der Waals surface area contributed by atoms with Gasteiger partial charge in [0, 0.05) is 12.8 Å². The van der Waals surface area contributed by atoms with Gasteiger partial charge in [0.05, 0.1) is 6.61 Å². The van der Waals surface area contributed by atoms with Crippen molar-refractivity contribution in [3.05, 3.63) is 29.8 Å². The quantitative estimate of drug-likeness (QED) is 0.193. The van der Waals surface area contributed by atoms with Crippen LogP contribution in [0, 0.1) is 0 Å². The average molecular weight is 578 g/mol. The van der Waals surface area contributed by atoms with Crippen LogP contribution in [0.25, 0.3) is 0 Å². The van der Waals surface area contributed by atoms with Gasteiger partial charge in [-0.25, -0.2) is 9.59 Å². The molecule has 0 radical (unpaired) electrons. The van der Waals surface area contributed by atoms with Crippen LogP contribution in [0.3, 0.4) is 0 Å². The van der Waals surface area contributed by atoms with Crippen LogP contribution in [0.4, 0.5) is 9.59 Å². The zero-order valence-corrected chi connectivity index (χ0v) is 24.5. The molecule has 41 heavy (non-hydrogen) atoms. The number of hydrogen-bond donors (Lipinski definition) is 2. The van der Waals surface area contributed by atoms with E-state index in [4.69, 9.17) is 18.9 Å². The minimum Gasteiger partial charge on any atom is -0.465 e. The third-order valence-corrected chi connectivity index (χ3v) is 5.38. The van der Waals surface area contributed by atoms with Gasteiger partial charge in [-0.1, -0.05) is 12.1 Å². The minimum absolute atomic E-state index is 0.00975. The molecule has 1 heterocycles. The number of alkyl carbamates (subject to hydrolysis) is 1. The first-order valence-corrected chi connectivity index (χ1v) is 13.3. The van der Waals surface area contributed by atoms with Gasteiger partial charge in [-0.2, -0.15) is 0 Å². The van der Waals surface area contributed by atoms with Crippen molar-refractivity contribution in [2.75, 3.05) is 13.2 Å². The first-order valence-electron chi connectivity index (χ1n) is 13.3. The summed E-state index contributed by atoms with van der Waals surface area (Å²) in [7, 11) is 0. The second-order valence-corrected chi connectivity index (χ2v) is 11.3. The van der Waals surface area contributed by atoms with Gasteiger partial charge in [-0.15, -0.1) is 0 Å². The van der Waals surface area contributed by atoms with E-state index in [0.29, 0.717) is 5.56 Å². The summed E-state index contributed by atoms with van der Waals surface area (Å²) in [4.78, 5) is 75.6. The van der Waals surface area contributed by atoms with Crippen molar-refractivity contribution < 1.29 is 47.7 Å². The Balaban J connectivity index is 2.16. The van der Waals surface area contributed by atoms with E-state index in [1.54, 1.807) is 60.6 Å². The molecule has 13 nitrogen and oxygen atoms in total. The number of nitrogens with one attached hydrogen (secondary N) is 2. The Kier molecular flexibility index (Phi) is 11.2. The minimum atomic E-state index is -1.17. The molecular formula is C28H39N3O10. The maximum Gasteiger partial charge on any atom is 0.514 e. The second kappa shape index (κ2) is 14.0. The lowest BCUT2D eigenvalue weighted by Gasteiger charge is -2.31. The standard InChI is InChI=1S/C28H39N3O10/c1-8-38-22(33)16-31-21(32)14-13-19(24(31)35)29-23(34)20(30-25(36)40-27(2,3)4)15-17-9-11-18(12-10-17)39-26(37)41-28(5,6)7/h9-12,19-20H,8,13-16H2,1-7H3,(H,29,34)(H,30,36)/t19-,20-/m0/s1. The average Bonchev–Trinajstić information content (AvgIpc) is 2.82. The van der Waals surface area contributed by atoms with Crippen molar-refractivity contribution in [2.24, 2.45) is 0 Å². The molecule has 2 N–H and O–H groups in total. The van der Waals surface area contributed by atoms with Crippen LogP contribution in [-0.4, -0.2) is 77.3 Å². The van der Waals surface area contributed by atoms with Crippen LogP contribution >= 0.6 is 0 Å². The fourth-order valence-corrected chi connectivity index (χ4v) is 3.70. The summed E-state index contributed by atoms with van der Waals surface area (Å²) < 4.78 is 20.4. The normalized spacial score (nSPS) is 16.4. The van der Waals surface area contributed by atoms with Gasteiger partial charge in [0.25, 0.3) is 5.91 Å². The van der Waals surface area contributed by atoms with Crippen molar-refractivity contribution in [3.8, 4) is 5.75 Å². The van der Waals surface area contributed by atoms with Crippen LogP contribution < -0.4 is 15.4 Å². The predicted octanol–water partition coefficient (Wildman–Crippen LogP) is 2.63. The summed E-state index contributed by atoms with van der Waals surface area (Å²) in [5.41, 5.74) is -0.973. The number of rotatable bonds is 9. The van der Waals surface area contributed by atoms with Crippen LogP contribution in [0.5, 0.6) is 5.75 Å². The Bertz CT molecular complexity index is 1140. The van der Waals surface area contributed by atoms with Crippen molar-refractivity contribution in [3.63, 3.8) is 0 Å². The van der Waals surface area contributed by atoms with Gasteiger partial charge in [-0.05, 0) is 72.6 Å². The SMILES string of the molecule is CCOC(=O)CN1C(=O)CC[C@H](NC(=O)[C@H](Cc2ccc(OC(=O)OC(C)(C)C)cc2)NC(=O)OC(C)(C)C)C1=O. The summed E-state index contributed by atoms with van der Waals surface area (Å²) in [6.45, 7) is 11.2. The Morgan fingerprint density at radius 3 is 2.15 bits per heavy atom. The van der Waals surface area contributed by atoms with Crippen LogP contribution in [-0.2, 0) is 39.8 Å². The first kappa shape index (κ1) is 33.0. The zero-order chi connectivity index (χ0) is 31.0. The molecule has 1 saturated heterocycles. The molecule has 4 amide bonds. The third kappa shape index (κ3) is 11.5. The largest absolute Gasteiger partial charge is 0.514 e. The van der Waals surface area contributed by atoms with Crippen LogP contribution in [0.15, 0.2) is 24.3 Å². The first-order chi connectivity index (χ1) is 19.0. The number of nitrogens with zero attached hydrogens (tertiary/aromatic N) is 1. The number of imide groups is 1. The molecule has 226 valence electrons. The fraction of sp³-hybridized carbons (Fsp3) is 0.571. The monoisotopic (exact) mass is 577 g/mol. The Morgan fingerprint density at radius 2 is 1.59 bits per heavy atom. The lowest BCUT2D eigenvalue weighted by molar-refractivity contribution is -0.158. The fourth-order valence-electron chi connectivity index (χ4n) is 3.70. The number of benzene rings is 1. The van der Waals surface area contributed by atoms with E-state index in [1.165, 1.54) is 12.1 Å². The molecule has 2 rings (SSSR count). The van der Waals surface area contributed by atoms with Gasteiger partial charge in [-0.3, -0.25) is 24.1 Å². The molecule has 0 unspecified atom stereocenters. The Hall–Kier alpha value is -4.16. The number of esters is 1. The number of ether oxygens (including phenoxy) is 4. The Labute approximate surface area is 239 Å². The molecule has 13 heteroatoms. The summed E-state index contributed by atoms with van der Waals surface area (Å²) in [5, 5.41) is 5.10. The highest BCUT2D eigenvalue weighted by atomic mass is 16.7. The highest BCUT2D eigenvalue weighted by molar-refractivity contribution is 6.04. The molecule has 1 aromatic carbocycles. The van der Waals surface area contributed by atoms with E-state index in [9.17, 15) is 28.8 Å². The second-order valence-electron chi connectivity index (χ2n) is 11.3. The van der Waals surface area contributed by atoms with E-state index >= 15 is 0 Å². The van der Waals surface area contributed by atoms with Gasteiger partial charge >= 0.3 is 18.2 Å². The van der Waals surface area contributed by atoms with Gasteiger partial charge in [0.2, 0.25) is 11.8 Å². The van der Waals surface area contributed by atoms with Crippen molar-refractivity contribution in [2.45, 2.75) is 91.0 Å². The molecule has 0 saturated carbocycles. The summed E-state index contributed by atoms with van der Waals surface area (Å²) >= 11 is 0. The molecule has 0 spiro atoms. The molecule has 2 atom stereocenters. The highest BCUT2D eigenvalue weighted by Gasteiger charge is 2.38. The smallest absolute Gasteiger partial charge is 0.465 e. The lowest BCUT2D eigenvalue weighted by atomic mass is 10.0. The molecule has 0 aliphatic carbocycles. The van der Waals surface area contributed by atoms with Gasteiger partial charge in [0.1, 0.15) is 35.6 Å². The number of piperidine rings is 1. The Morgan fingerprint density at radius 1 is 0.976 bits per heavy atom. The summed E-state index contributed by atoms with van der Waals surface area (Å²) in [5.74, 6) is -2.53. The maximum absolute atomic E-state index is 13.3. The van der Waals surface area contributed by atoms with Gasteiger partial charge < -0.3 is 29.6 Å². The maximum atomic E-state index is 13.3. The number of carbonyl (C=O) groups is 6. The molecule has 1 aliphatic rings. The molecule has 0 bridgehead atoms. The van der Waals surface area contributed by atoms with Crippen molar-refractivity contribution >= 4 is 35.9 Å². The topological polar surface area (TPSA) is 167 Å². The highest BCUT2D eigenvalue weighted by Crippen LogP contribution is 2.18. The summed E-state index contributed by atoms with van der Waals surface area (Å²) in [6, 6.07) is 3.94. The van der Waals surface area contributed by atoms with E-state index in [0.717, 1.165) is 4.90 Å². The molecular weight excluding hydrogens is 538 g/mol. The van der Waals surface area contributed by atoms with E-state index < -0.39 is 65.8 Å². The lowest BCUT2D eigenvalue weighted by Crippen LogP contribution is -2.59. The van der Waals surface area contributed by atoms with Crippen molar-refractivity contribution in [1.29, 1.82) is 0 Å². The van der Waals surface area contributed by atoms with E-state index in [2.05, 4.69) is 10.6 Å². The molecule has 0 aromatic heterocycles. The van der Waals surface area contributed by atoms with Gasteiger partial charge in [0.15, 0.2) is 0 Å². The number of carbonyl (C=O) groups excluding carboxylic acids is 6. The van der Waals surface area contributed by atoms with Crippen molar-refractivity contribution in [1.82, 2.24) is 15.5 Å². The molecule has 1 aromatic rings. The zero-order valence-electron chi connectivity index (χ0n) is 24.5. The molecule has 1 fully saturated rings. The number of amides is 4. The summed E-state index contributed by atoms with van der Waals surface area (Å²) in [6.07, 6.45) is -1.78. The number of likely N-dealkylation sites (tertiary alicyclic amines) is 1. The van der Waals surface area contributed by atoms with Crippen LogP contribution in [0.2, 0.25) is 0 Å². The number of hydrogen-bond acceptors (Lipinski definition) is 10.